The Morgan fingerprint density at radius 3 is 3.11 bits per heavy atom. The number of thioether (sulfide) groups is 1. The van der Waals surface area contributed by atoms with Crippen LogP contribution in [0.4, 0.5) is 0 Å². The average Bonchev–Trinajstić information content (AvgIpc) is 3.04. The third-order valence-corrected chi connectivity index (χ3v) is 3.75. The number of rotatable bonds is 3. The Bertz CT molecular complexity index is 596. The topological polar surface area (TPSA) is 63.4 Å². The van der Waals surface area contributed by atoms with Crippen molar-refractivity contribution >= 4 is 22.5 Å². The fourth-order valence-corrected chi connectivity index (χ4v) is 2.55. The molecule has 2 aliphatic heterocycles. The minimum Gasteiger partial charge on any atom is -0.512 e. The third-order valence-electron chi connectivity index (χ3n) is 2.71. The van der Waals surface area contributed by atoms with E-state index < -0.39 is 0 Å². The van der Waals surface area contributed by atoms with Crippen LogP contribution in [-0.2, 0) is 0 Å². The van der Waals surface area contributed by atoms with Gasteiger partial charge in [-0.05, 0) is 12.1 Å². The lowest BCUT2D eigenvalue weighted by atomic mass is 10.1. The van der Waals surface area contributed by atoms with Crippen LogP contribution in [0.2, 0.25) is 0 Å². The molecular weight excluding hydrogens is 264 g/mol. The Kier molecular flexibility index (Phi) is 3.16. The van der Waals surface area contributed by atoms with Crippen molar-refractivity contribution in [2.75, 3.05) is 12.5 Å². The summed E-state index contributed by atoms with van der Waals surface area (Å²) in [6.07, 6.45) is 0.637. The van der Waals surface area contributed by atoms with E-state index in [1.807, 2.05) is 18.2 Å². The zero-order valence-corrected chi connectivity index (χ0v) is 10.9. The smallest absolute Gasteiger partial charge is 0.231 e. The van der Waals surface area contributed by atoms with Gasteiger partial charge in [0.2, 0.25) is 6.79 Å². The van der Waals surface area contributed by atoms with Gasteiger partial charge < -0.3 is 14.6 Å². The molecule has 6 heteroatoms. The second-order valence-electron chi connectivity index (χ2n) is 4.11. The van der Waals surface area contributed by atoms with E-state index in [2.05, 4.69) is 16.8 Å². The third kappa shape index (κ3) is 2.44. The number of nitrogens with zero attached hydrogens (tertiary/aromatic N) is 2. The van der Waals surface area contributed by atoms with Gasteiger partial charge in [-0.15, -0.1) is 16.9 Å². The van der Waals surface area contributed by atoms with E-state index in [0.29, 0.717) is 12.2 Å². The standard InChI is InChI=1S/C13H12N2O3S/c1-8(16)6-19-12-5-10(14-15-12)9-3-2-4-11-13(9)18-7-17-11/h2-4,16H,1,5-7H2. The molecule has 5 nitrogen and oxygen atoms in total. The molecule has 2 aliphatic rings. The van der Waals surface area contributed by atoms with Gasteiger partial charge in [0, 0.05) is 12.0 Å². The lowest BCUT2D eigenvalue weighted by molar-refractivity contribution is 0.174. The fourth-order valence-electron chi connectivity index (χ4n) is 1.88. The summed E-state index contributed by atoms with van der Waals surface area (Å²) in [4.78, 5) is 0. The summed E-state index contributed by atoms with van der Waals surface area (Å²) in [6.45, 7) is 3.69. The summed E-state index contributed by atoms with van der Waals surface area (Å²) in [6, 6.07) is 5.72. The molecule has 98 valence electrons. The molecule has 1 N–H and O–H groups in total. The van der Waals surface area contributed by atoms with Crippen LogP contribution in [0.25, 0.3) is 0 Å². The molecule has 2 heterocycles. The highest BCUT2D eigenvalue weighted by atomic mass is 32.2. The predicted octanol–water partition coefficient (Wildman–Crippen LogP) is 2.73. The van der Waals surface area contributed by atoms with Crippen LogP contribution < -0.4 is 9.47 Å². The van der Waals surface area contributed by atoms with Gasteiger partial charge in [0.1, 0.15) is 5.04 Å². The highest BCUT2D eigenvalue weighted by Crippen LogP contribution is 2.37. The summed E-state index contributed by atoms with van der Waals surface area (Å²) in [5.41, 5.74) is 1.77. The van der Waals surface area contributed by atoms with Crippen molar-refractivity contribution in [1.82, 2.24) is 0 Å². The highest BCUT2D eigenvalue weighted by Gasteiger charge is 2.23. The first-order valence-electron chi connectivity index (χ1n) is 5.76. The molecule has 0 saturated heterocycles. The first-order valence-corrected chi connectivity index (χ1v) is 6.74. The minimum absolute atomic E-state index is 0.137. The van der Waals surface area contributed by atoms with Crippen LogP contribution in [0.1, 0.15) is 12.0 Å². The Morgan fingerprint density at radius 2 is 2.26 bits per heavy atom. The SMILES string of the molecule is C=C(O)CSC1=NN=C(c2cccc3c2OCO3)C1. The summed E-state index contributed by atoms with van der Waals surface area (Å²) < 4.78 is 10.8. The van der Waals surface area contributed by atoms with Gasteiger partial charge in [0.15, 0.2) is 11.5 Å². The summed E-state index contributed by atoms with van der Waals surface area (Å²) in [5.74, 6) is 2.05. The molecule has 0 saturated carbocycles. The van der Waals surface area contributed by atoms with Crippen LogP contribution in [0.3, 0.4) is 0 Å². The number of hydrogen-bond donors (Lipinski definition) is 1. The van der Waals surface area contributed by atoms with Gasteiger partial charge in [0.25, 0.3) is 0 Å². The van der Waals surface area contributed by atoms with Gasteiger partial charge in [-0.1, -0.05) is 12.6 Å². The number of benzene rings is 1. The number of ether oxygens (including phenoxy) is 2. The molecule has 0 radical (unpaired) electrons. The lowest BCUT2D eigenvalue weighted by Crippen LogP contribution is -2.04. The molecule has 3 rings (SSSR count). The van der Waals surface area contributed by atoms with E-state index in [9.17, 15) is 0 Å². The maximum atomic E-state index is 9.08. The Hall–Kier alpha value is -1.95. The van der Waals surface area contributed by atoms with Crippen molar-refractivity contribution in [1.29, 1.82) is 0 Å². The van der Waals surface area contributed by atoms with E-state index in [4.69, 9.17) is 14.6 Å². The highest BCUT2D eigenvalue weighted by molar-refractivity contribution is 8.14. The van der Waals surface area contributed by atoms with Crippen LogP contribution in [0.5, 0.6) is 11.5 Å². The molecule has 0 aromatic heterocycles. The number of hydrogen-bond acceptors (Lipinski definition) is 6. The first kappa shape index (κ1) is 12.1. The van der Waals surface area contributed by atoms with Gasteiger partial charge in [-0.25, -0.2) is 0 Å². The monoisotopic (exact) mass is 276 g/mol. The molecule has 0 spiro atoms. The molecule has 0 aliphatic carbocycles. The number of fused-ring (bicyclic) bond motifs is 1. The Balaban J connectivity index is 1.73. The normalized spacial score (nSPS) is 16.2. The van der Waals surface area contributed by atoms with E-state index in [1.54, 1.807) is 0 Å². The number of aliphatic hydroxyl groups is 1. The molecule has 0 atom stereocenters. The van der Waals surface area contributed by atoms with Crippen molar-refractivity contribution in [3.63, 3.8) is 0 Å². The van der Waals surface area contributed by atoms with Crippen LogP contribution in [0.15, 0.2) is 40.7 Å². The van der Waals surface area contributed by atoms with Crippen molar-refractivity contribution in [2.24, 2.45) is 10.2 Å². The Morgan fingerprint density at radius 1 is 1.37 bits per heavy atom. The average molecular weight is 276 g/mol. The Labute approximate surface area is 114 Å². The van der Waals surface area contributed by atoms with Crippen molar-refractivity contribution in [3.05, 3.63) is 36.1 Å². The van der Waals surface area contributed by atoms with E-state index in [0.717, 1.165) is 27.8 Å². The second-order valence-corrected chi connectivity index (χ2v) is 5.16. The van der Waals surface area contributed by atoms with Crippen molar-refractivity contribution < 1.29 is 14.6 Å². The van der Waals surface area contributed by atoms with Crippen molar-refractivity contribution in [2.45, 2.75) is 6.42 Å². The zero-order chi connectivity index (χ0) is 13.2. The number of aliphatic hydroxyl groups excluding tert-OH is 1. The lowest BCUT2D eigenvalue weighted by Gasteiger charge is -2.05. The predicted molar refractivity (Wildman–Crippen MR) is 75.4 cm³/mol. The van der Waals surface area contributed by atoms with E-state index in [-0.39, 0.29) is 12.6 Å². The van der Waals surface area contributed by atoms with Crippen molar-refractivity contribution in [3.8, 4) is 11.5 Å². The minimum atomic E-state index is 0.137. The molecule has 0 amide bonds. The molecular formula is C13H12N2O3S. The largest absolute Gasteiger partial charge is 0.512 e. The fraction of sp³-hybridized carbons (Fsp3) is 0.231. The van der Waals surface area contributed by atoms with Crippen LogP contribution >= 0.6 is 11.8 Å². The molecule has 1 aromatic rings. The summed E-state index contributed by atoms with van der Waals surface area (Å²) >= 11 is 1.44. The summed E-state index contributed by atoms with van der Waals surface area (Å²) in [5, 5.41) is 18.2. The molecule has 0 bridgehead atoms. The van der Waals surface area contributed by atoms with Gasteiger partial charge in [-0.2, -0.15) is 5.10 Å². The maximum Gasteiger partial charge on any atom is 0.231 e. The first-order chi connectivity index (χ1) is 9.24. The summed E-state index contributed by atoms with van der Waals surface area (Å²) in [7, 11) is 0. The number of para-hydroxylation sites is 1. The van der Waals surface area contributed by atoms with Crippen LogP contribution in [-0.4, -0.2) is 28.4 Å². The zero-order valence-electron chi connectivity index (χ0n) is 10.1. The van der Waals surface area contributed by atoms with E-state index in [1.165, 1.54) is 11.8 Å². The molecule has 0 unspecified atom stereocenters. The van der Waals surface area contributed by atoms with Crippen LogP contribution in [0, 0.1) is 0 Å². The molecule has 19 heavy (non-hydrogen) atoms. The van der Waals surface area contributed by atoms with E-state index >= 15 is 0 Å². The maximum absolute atomic E-state index is 9.08. The van der Waals surface area contributed by atoms with Gasteiger partial charge >= 0.3 is 0 Å². The second kappa shape index (κ2) is 4.97. The molecule has 0 fully saturated rings. The van der Waals surface area contributed by atoms with Gasteiger partial charge in [0.05, 0.1) is 17.2 Å². The molecule has 1 aromatic carbocycles. The van der Waals surface area contributed by atoms with Gasteiger partial charge in [-0.3, -0.25) is 0 Å². The quantitative estimate of drug-likeness (QED) is 0.862.